The number of thiazole rings is 1. The maximum Gasteiger partial charge on any atom is 0.257 e. The molecule has 2 aliphatic rings. The van der Waals surface area contributed by atoms with E-state index in [9.17, 15) is 18.8 Å². The van der Waals surface area contributed by atoms with Crippen molar-refractivity contribution in [2.75, 3.05) is 48.5 Å². The number of hydrogen-bond donors (Lipinski definition) is 1. The van der Waals surface area contributed by atoms with Crippen LogP contribution in [0.5, 0.6) is 5.88 Å². The lowest BCUT2D eigenvalue weighted by molar-refractivity contribution is -0.121. The fourth-order valence-corrected chi connectivity index (χ4v) is 4.98. The van der Waals surface area contributed by atoms with Crippen LogP contribution in [-0.2, 0) is 14.3 Å². The zero-order valence-electron chi connectivity index (χ0n) is 18.2. The molecule has 176 valence electrons. The Morgan fingerprint density at radius 1 is 1.12 bits per heavy atom. The highest BCUT2D eigenvalue weighted by molar-refractivity contribution is 7.23. The van der Waals surface area contributed by atoms with Crippen LogP contribution in [0.4, 0.5) is 20.9 Å². The van der Waals surface area contributed by atoms with Gasteiger partial charge in [-0.25, -0.2) is 4.98 Å². The molecule has 3 aromatic rings. The van der Waals surface area contributed by atoms with Gasteiger partial charge in [-0.05, 0) is 24.3 Å². The van der Waals surface area contributed by atoms with Gasteiger partial charge in [-0.2, -0.15) is 9.37 Å². The van der Waals surface area contributed by atoms with Crippen LogP contribution in [0.3, 0.4) is 0 Å². The summed E-state index contributed by atoms with van der Waals surface area (Å²) in [5.74, 6) is -1.60. The summed E-state index contributed by atoms with van der Waals surface area (Å²) in [5, 5.41) is 2.99. The summed E-state index contributed by atoms with van der Waals surface area (Å²) in [6.07, 6.45) is 0.369. The number of carbonyl (C=O) groups is 3. The molecule has 2 fully saturated rings. The number of aromatic nitrogens is 2. The second kappa shape index (κ2) is 8.95. The van der Waals surface area contributed by atoms with Gasteiger partial charge in [0.1, 0.15) is 11.2 Å². The predicted octanol–water partition coefficient (Wildman–Crippen LogP) is 2.58. The molecular formula is C22H20FN5O5S. The smallest absolute Gasteiger partial charge is 0.257 e. The van der Waals surface area contributed by atoms with E-state index in [0.717, 1.165) is 16.2 Å². The lowest BCUT2D eigenvalue weighted by atomic mass is 10.2. The Balaban J connectivity index is 1.42. The quantitative estimate of drug-likeness (QED) is 0.433. The highest BCUT2D eigenvalue weighted by Gasteiger charge is 2.30. The second-order valence-electron chi connectivity index (χ2n) is 7.68. The minimum atomic E-state index is -0.672. The molecule has 1 N–H and O–H groups in total. The Hall–Kier alpha value is -3.64. The number of hydrogen-bond acceptors (Lipinski definition) is 9. The summed E-state index contributed by atoms with van der Waals surface area (Å²) in [5.41, 5.74) is 1.39. The number of carbonyl (C=O) groups excluding carboxylic acids is 3. The van der Waals surface area contributed by atoms with Crippen LogP contribution in [0.1, 0.15) is 23.2 Å². The number of amides is 3. The Morgan fingerprint density at radius 2 is 1.79 bits per heavy atom. The van der Waals surface area contributed by atoms with Crippen LogP contribution in [0.25, 0.3) is 10.2 Å². The summed E-state index contributed by atoms with van der Waals surface area (Å²) < 4.78 is 26.0. The Labute approximate surface area is 197 Å². The molecule has 0 radical (unpaired) electrons. The van der Waals surface area contributed by atoms with Crippen molar-refractivity contribution in [3.05, 3.63) is 35.8 Å². The molecule has 0 spiro atoms. The molecular weight excluding hydrogens is 465 g/mol. The topological polar surface area (TPSA) is 114 Å². The number of benzene rings is 1. The lowest BCUT2D eigenvalue weighted by Gasteiger charge is -2.29. The highest BCUT2D eigenvalue weighted by Crippen LogP contribution is 2.40. The molecule has 2 saturated heterocycles. The fourth-order valence-electron chi connectivity index (χ4n) is 3.97. The number of fused-ring (bicyclic) bond motifs is 1. The molecule has 0 atom stereocenters. The zero-order valence-corrected chi connectivity index (χ0v) is 19.0. The van der Waals surface area contributed by atoms with E-state index in [-0.39, 0.29) is 35.7 Å². The number of imide groups is 1. The van der Waals surface area contributed by atoms with Gasteiger partial charge in [-0.1, -0.05) is 11.3 Å². The zero-order chi connectivity index (χ0) is 23.8. The van der Waals surface area contributed by atoms with Crippen molar-refractivity contribution in [2.45, 2.75) is 12.8 Å². The van der Waals surface area contributed by atoms with Crippen LogP contribution in [0.2, 0.25) is 0 Å². The van der Waals surface area contributed by atoms with E-state index >= 15 is 0 Å². The molecule has 0 unspecified atom stereocenters. The average Bonchev–Trinajstić information content (AvgIpc) is 3.41. The molecule has 0 saturated carbocycles. The molecule has 0 bridgehead atoms. The number of anilines is 3. The van der Waals surface area contributed by atoms with Crippen LogP contribution < -0.4 is 19.9 Å². The monoisotopic (exact) mass is 485 g/mol. The first kappa shape index (κ1) is 22.2. The van der Waals surface area contributed by atoms with Crippen molar-refractivity contribution in [1.82, 2.24) is 9.97 Å². The number of nitrogens with zero attached hydrogens (tertiary/aromatic N) is 4. The standard InChI is InChI=1S/C22H20FN5O5S/c1-32-21-16-18(17(19(23)25-21)27-8-10-33-11-9-27)34-22(24-16)26-20(31)12-2-4-13(5-3-12)28-14(29)6-7-15(28)30/h2-5H,6-11H2,1H3,(H,24,26,31). The van der Waals surface area contributed by atoms with Crippen LogP contribution in [0.15, 0.2) is 24.3 Å². The number of ether oxygens (including phenoxy) is 2. The molecule has 10 nitrogen and oxygen atoms in total. The molecule has 2 aromatic heterocycles. The van der Waals surface area contributed by atoms with Crippen LogP contribution in [0, 0.1) is 5.95 Å². The molecule has 2 aliphatic heterocycles. The van der Waals surface area contributed by atoms with Gasteiger partial charge in [-0.3, -0.25) is 24.6 Å². The van der Waals surface area contributed by atoms with Crippen molar-refractivity contribution in [3.63, 3.8) is 0 Å². The van der Waals surface area contributed by atoms with E-state index in [1.165, 1.54) is 19.2 Å². The average molecular weight is 485 g/mol. The second-order valence-corrected chi connectivity index (χ2v) is 8.68. The largest absolute Gasteiger partial charge is 0.479 e. The first-order valence-electron chi connectivity index (χ1n) is 10.6. The minimum absolute atomic E-state index is 0.0329. The van der Waals surface area contributed by atoms with Gasteiger partial charge in [0.25, 0.3) is 5.91 Å². The number of halogens is 1. The molecule has 1 aromatic carbocycles. The number of rotatable bonds is 5. The Kier molecular flexibility index (Phi) is 5.84. The number of morpholine rings is 1. The molecule has 5 rings (SSSR count). The van der Waals surface area contributed by atoms with E-state index in [0.29, 0.717) is 53.5 Å². The molecule has 3 amide bonds. The predicted molar refractivity (Wildman–Crippen MR) is 123 cm³/mol. The van der Waals surface area contributed by atoms with Crippen molar-refractivity contribution in [1.29, 1.82) is 0 Å². The van der Waals surface area contributed by atoms with Gasteiger partial charge in [0, 0.05) is 31.5 Å². The van der Waals surface area contributed by atoms with E-state index in [2.05, 4.69) is 15.3 Å². The van der Waals surface area contributed by atoms with Gasteiger partial charge in [-0.15, -0.1) is 0 Å². The van der Waals surface area contributed by atoms with Crippen LogP contribution >= 0.6 is 11.3 Å². The Morgan fingerprint density at radius 3 is 2.44 bits per heavy atom. The summed E-state index contributed by atoms with van der Waals surface area (Å²) >= 11 is 1.13. The first-order valence-corrected chi connectivity index (χ1v) is 11.4. The van der Waals surface area contributed by atoms with Gasteiger partial charge in [0.2, 0.25) is 23.6 Å². The van der Waals surface area contributed by atoms with Crippen molar-refractivity contribution >= 4 is 55.8 Å². The lowest BCUT2D eigenvalue weighted by Crippen LogP contribution is -2.37. The van der Waals surface area contributed by atoms with Crippen molar-refractivity contribution in [2.24, 2.45) is 0 Å². The summed E-state index contributed by atoms with van der Waals surface area (Å²) in [7, 11) is 1.38. The number of methoxy groups -OCH3 is 1. The third-order valence-corrected chi connectivity index (χ3v) is 6.60. The highest BCUT2D eigenvalue weighted by atomic mass is 32.1. The van der Waals surface area contributed by atoms with Crippen molar-refractivity contribution in [3.8, 4) is 5.88 Å². The van der Waals surface area contributed by atoms with E-state index in [4.69, 9.17) is 9.47 Å². The van der Waals surface area contributed by atoms with Gasteiger partial charge in [0.05, 0.1) is 30.7 Å². The molecule has 34 heavy (non-hydrogen) atoms. The molecule has 4 heterocycles. The normalized spacial score (nSPS) is 16.4. The Bertz CT molecular complexity index is 1270. The number of nitrogens with one attached hydrogen (secondary N) is 1. The third-order valence-electron chi connectivity index (χ3n) is 5.62. The van der Waals surface area contributed by atoms with E-state index in [1.807, 2.05) is 4.90 Å². The van der Waals surface area contributed by atoms with Gasteiger partial charge >= 0.3 is 0 Å². The fraction of sp³-hybridized carbons (Fsp3) is 0.318. The van der Waals surface area contributed by atoms with Crippen LogP contribution in [-0.4, -0.2) is 61.1 Å². The third kappa shape index (κ3) is 3.94. The first-order chi connectivity index (χ1) is 16.5. The van der Waals surface area contributed by atoms with E-state index in [1.54, 1.807) is 12.1 Å². The summed E-state index contributed by atoms with van der Waals surface area (Å²) in [6, 6.07) is 6.15. The molecule has 12 heteroatoms. The number of pyridine rings is 1. The minimum Gasteiger partial charge on any atom is -0.479 e. The van der Waals surface area contributed by atoms with Gasteiger partial charge in [0.15, 0.2) is 5.13 Å². The van der Waals surface area contributed by atoms with Crippen molar-refractivity contribution < 1.29 is 28.2 Å². The summed E-state index contributed by atoms with van der Waals surface area (Å²) in [4.78, 5) is 47.9. The summed E-state index contributed by atoms with van der Waals surface area (Å²) in [6.45, 7) is 1.96. The molecule has 0 aliphatic carbocycles. The van der Waals surface area contributed by atoms with Gasteiger partial charge < -0.3 is 14.4 Å². The van der Waals surface area contributed by atoms with E-state index < -0.39 is 11.9 Å². The maximum atomic E-state index is 14.9. The SMILES string of the molecule is COc1nc(F)c(N2CCOCC2)c2sc(NC(=O)c3ccc(N4C(=O)CCC4=O)cc3)nc12. The maximum absolute atomic E-state index is 14.9.